The van der Waals surface area contributed by atoms with Gasteiger partial charge in [-0.15, -0.1) is 11.3 Å². The zero-order valence-corrected chi connectivity index (χ0v) is 12.7. The minimum Gasteiger partial charge on any atom is -0.320 e. The molecule has 0 spiro atoms. The summed E-state index contributed by atoms with van der Waals surface area (Å²) in [5.74, 6) is 6.00. The largest absolute Gasteiger partial charge is 0.320 e. The van der Waals surface area contributed by atoms with Crippen LogP contribution in [0.15, 0.2) is 11.4 Å². The van der Waals surface area contributed by atoms with Crippen LogP contribution in [0.3, 0.4) is 0 Å². The van der Waals surface area contributed by atoms with Gasteiger partial charge in [-0.2, -0.15) is 0 Å². The lowest BCUT2D eigenvalue weighted by molar-refractivity contribution is 0.140. The summed E-state index contributed by atoms with van der Waals surface area (Å²) in [7, 11) is 4.44. The van der Waals surface area contributed by atoms with Gasteiger partial charge in [-0.3, -0.25) is 4.90 Å². The Kier molecular flexibility index (Phi) is 5.41. The monoisotopic (exact) mass is 277 g/mol. The molecule has 2 rings (SSSR count). The van der Waals surface area contributed by atoms with Crippen molar-refractivity contribution in [1.29, 1.82) is 0 Å². The molecule has 1 aliphatic rings. The molecule has 0 atom stereocenters. The van der Waals surface area contributed by atoms with E-state index < -0.39 is 0 Å². The molecule has 2 N–H and O–H groups in total. The van der Waals surface area contributed by atoms with Crippen LogP contribution in [0.2, 0.25) is 0 Å². The topological polar surface area (TPSA) is 32.5 Å². The minimum atomic E-state index is 0.431. The molecule has 0 amide bonds. The smallest absolute Gasteiger partial charge is 0.0555 e. The first-order chi connectivity index (χ1) is 9.19. The van der Waals surface area contributed by atoms with E-state index in [4.69, 9.17) is 5.73 Å². The van der Waals surface area contributed by atoms with Gasteiger partial charge in [0.05, 0.1) is 6.54 Å². The summed E-state index contributed by atoms with van der Waals surface area (Å²) in [4.78, 5) is 6.29. The second kappa shape index (κ2) is 7.06. The molecule has 0 unspecified atom stereocenters. The van der Waals surface area contributed by atoms with E-state index in [2.05, 4.69) is 47.2 Å². The molecule has 0 bridgehead atoms. The number of likely N-dealkylation sites (tertiary alicyclic amines) is 1. The van der Waals surface area contributed by atoms with Gasteiger partial charge < -0.3 is 10.6 Å². The molecule has 0 radical (unpaired) electrons. The van der Waals surface area contributed by atoms with Crippen molar-refractivity contribution in [2.45, 2.75) is 25.4 Å². The van der Waals surface area contributed by atoms with Crippen molar-refractivity contribution in [3.63, 3.8) is 0 Å². The fourth-order valence-corrected chi connectivity index (χ4v) is 3.37. The molecule has 0 aliphatic carbocycles. The second-order valence-electron chi connectivity index (χ2n) is 5.26. The number of hydrogen-bond donors (Lipinski definition) is 1. The highest BCUT2D eigenvalue weighted by atomic mass is 32.1. The third-order valence-corrected chi connectivity index (χ3v) is 4.63. The third-order valence-electron chi connectivity index (χ3n) is 3.71. The maximum absolute atomic E-state index is 5.39. The zero-order valence-electron chi connectivity index (χ0n) is 11.9. The van der Waals surface area contributed by atoms with Crippen LogP contribution in [0.4, 0.5) is 0 Å². The Morgan fingerprint density at radius 2 is 2.21 bits per heavy atom. The van der Waals surface area contributed by atoms with E-state index in [-0.39, 0.29) is 0 Å². The van der Waals surface area contributed by atoms with Crippen LogP contribution in [0, 0.1) is 11.8 Å². The van der Waals surface area contributed by atoms with E-state index in [0.717, 1.165) is 18.2 Å². The van der Waals surface area contributed by atoms with Gasteiger partial charge in [0.15, 0.2) is 0 Å². The molecule has 0 saturated carbocycles. The average molecular weight is 277 g/mol. The summed E-state index contributed by atoms with van der Waals surface area (Å²) in [6.45, 7) is 3.89. The van der Waals surface area contributed by atoms with Crippen molar-refractivity contribution >= 4 is 11.3 Å². The van der Waals surface area contributed by atoms with Crippen LogP contribution < -0.4 is 5.73 Å². The van der Waals surface area contributed by atoms with Crippen molar-refractivity contribution < 1.29 is 0 Å². The number of nitrogens with two attached hydrogens (primary N) is 1. The zero-order chi connectivity index (χ0) is 13.7. The molecule has 4 heteroatoms. The lowest BCUT2D eigenvalue weighted by Gasteiger charge is -2.34. The molecule has 19 heavy (non-hydrogen) atoms. The quantitative estimate of drug-likeness (QED) is 0.852. The summed E-state index contributed by atoms with van der Waals surface area (Å²) < 4.78 is 0. The molecule has 0 aromatic carbocycles. The second-order valence-corrected chi connectivity index (χ2v) is 6.25. The number of nitrogens with zero attached hydrogens (tertiary/aromatic N) is 2. The minimum absolute atomic E-state index is 0.431. The highest BCUT2D eigenvalue weighted by molar-refractivity contribution is 7.10. The van der Waals surface area contributed by atoms with Gasteiger partial charge in [0.25, 0.3) is 0 Å². The molecule has 1 aromatic heterocycles. The Morgan fingerprint density at radius 1 is 1.47 bits per heavy atom. The van der Waals surface area contributed by atoms with Crippen molar-refractivity contribution in [3.05, 3.63) is 21.9 Å². The molecular weight excluding hydrogens is 254 g/mol. The predicted octanol–water partition coefficient (Wildman–Crippen LogP) is 1.58. The van der Waals surface area contributed by atoms with Crippen molar-refractivity contribution in [1.82, 2.24) is 9.80 Å². The van der Waals surface area contributed by atoms with Gasteiger partial charge in [-0.05, 0) is 46.1 Å². The van der Waals surface area contributed by atoms with Crippen molar-refractivity contribution in [3.8, 4) is 11.8 Å². The SMILES string of the molecule is CN1CCC(N(C)Cc2cc(C#CCN)cs2)CC1. The van der Waals surface area contributed by atoms with Crippen molar-refractivity contribution in [2.24, 2.45) is 5.73 Å². The number of hydrogen-bond acceptors (Lipinski definition) is 4. The van der Waals surface area contributed by atoms with Gasteiger partial charge >= 0.3 is 0 Å². The van der Waals surface area contributed by atoms with Crippen LogP contribution >= 0.6 is 11.3 Å². The van der Waals surface area contributed by atoms with E-state index in [1.54, 1.807) is 11.3 Å². The Labute approximate surface area is 120 Å². The fraction of sp³-hybridized carbons (Fsp3) is 0.600. The van der Waals surface area contributed by atoms with Gasteiger partial charge in [0.1, 0.15) is 0 Å². The van der Waals surface area contributed by atoms with E-state index in [1.807, 2.05) is 0 Å². The third kappa shape index (κ3) is 4.32. The molecule has 1 saturated heterocycles. The molecule has 104 valence electrons. The Hall–Kier alpha value is -0.860. The summed E-state index contributed by atoms with van der Waals surface area (Å²) in [6, 6.07) is 2.91. The molecule has 3 nitrogen and oxygen atoms in total. The van der Waals surface area contributed by atoms with Crippen LogP contribution in [-0.2, 0) is 6.54 Å². The summed E-state index contributed by atoms with van der Waals surface area (Å²) in [5, 5.41) is 2.13. The maximum atomic E-state index is 5.39. The van der Waals surface area contributed by atoms with Crippen LogP contribution in [0.1, 0.15) is 23.3 Å². The Bertz CT molecular complexity index is 449. The van der Waals surface area contributed by atoms with E-state index in [1.165, 1.54) is 30.8 Å². The Balaban J connectivity index is 1.88. The van der Waals surface area contributed by atoms with Gasteiger partial charge in [0, 0.05) is 28.4 Å². The molecule has 2 heterocycles. The fourth-order valence-electron chi connectivity index (χ4n) is 2.49. The first-order valence-corrected chi connectivity index (χ1v) is 7.72. The summed E-state index contributed by atoms with van der Waals surface area (Å²) in [5.41, 5.74) is 6.49. The van der Waals surface area contributed by atoms with Gasteiger partial charge in [0.2, 0.25) is 0 Å². The molecule has 1 fully saturated rings. The lowest BCUT2D eigenvalue weighted by Crippen LogP contribution is -2.41. The van der Waals surface area contributed by atoms with Crippen molar-refractivity contribution in [2.75, 3.05) is 33.7 Å². The number of rotatable bonds is 3. The van der Waals surface area contributed by atoms with E-state index >= 15 is 0 Å². The molecule has 1 aliphatic heterocycles. The van der Waals surface area contributed by atoms with E-state index in [9.17, 15) is 0 Å². The summed E-state index contributed by atoms with van der Waals surface area (Å²) in [6.07, 6.45) is 2.55. The van der Waals surface area contributed by atoms with Crippen LogP contribution in [-0.4, -0.2) is 49.6 Å². The molecular formula is C15H23N3S. The normalized spacial score (nSPS) is 17.5. The first-order valence-electron chi connectivity index (χ1n) is 6.84. The van der Waals surface area contributed by atoms with Gasteiger partial charge in [-0.1, -0.05) is 11.8 Å². The first kappa shape index (κ1) is 14.5. The van der Waals surface area contributed by atoms with Crippen LogP contribution in [0.5, 0.6) is 0 Å². The number of piperidine rings is 1. The Morgan fingerprint density at radius 3 is 2.89 bits per heavy atom. The predicted molar refractivity (Wildman–Crippen MR) is 82.2 cm³/mol. The van der Waals surface area contributed by atoms with Gasteiger partial charge in [-0.25, -0.2) is 0 Å². The highest BCUT2D eigenvalue weighted by Crippen LogP contribution is 2.20. The maximum Gasteiger partial charge on any atom is 0.0555 e. The standard InChI is InChI=1S/C15H23N3S/c1-17-8-5-14(6-9-17)18(2)11-15-10-13(12-19-15)4-3-7-16/h10,12,14H,5-9,11,16H2,1-2H3. The highest BCUT2D eigenvalue weighted by Gasteiger charge is 2.20. The molecule has 1 aromatic rings. The number of thiophene rings is 1. The van der Waals surface area contributed by atoms with Crippen LogP contribution in [0.25, 0.3) is 0 Å². The average Bonchev–Trinajstić information content (AvgIpc) is 2.84. The summed E-state index contributed by atoms with van der Waals surface area (Å²) >= 11 is 1.80. The lowest BCUT2D eigenvalue weighted by atomic mass is 10.0. The van der Waals surface area contributed by atoms with E-state index in [0.29, 0.717) is 6.54 Å².